The molecular formula is C12H27P. The lowest BCUT2D eigenvalue weighted by Crippen LogP contribution is -2.47. The zero-order chi connectivity index (χ0) is 10.9. The summed E-state index contributed by atoms with van der Waals surface area (Å²) in [6.07, 6.45) is 2.54. The monoisotopic (exact) mass is 202 g/mol. The van der Waals surface area contributed by atoms with Crippen LogP contribution in [0.4, 0.5) is 0 Å². The molecule has 0 aliphatic carbocycles. The highest BCUT2D eigenvalue weighted by Crippen LogP contribution is 2.53. The first kappa shape index (κ1) is 13.4. The maximum absolute atomic E-state index is 3.13. The molecule has 0 radical (unpaired) electrons. The van der Waals surface area contributed by atoms with Crippen LogP contribution < -0.4 is 0 Å². The Balaban J connectivity index is 4.96. The van der Waals surface area contributed by atoms with Crippen molar-refractivity contribution in [2.24, 2.45) is 10.8 Å². The van der Waals surface area contributed by atoms with Crippen molar-refractivity contribution in [3.8, 4) is 0 Å². The zero-order valence-electron chi connectivity index (χ0n) is 10.5. The highest BCUT2D eigenvalue weighted by molar-refractivity contribution is 7.19. The van der Waals surface area contributed by atoms with Gasteiger partial charge in [0.05, 0.1) is 0 Å². The van der Waals surface area contributed by atoms with Gasteiger partial charge < -0.3 is 0 Å². The molecule has 0 aliphatic rings. The molecule has 0 aromatic rings. The third kappa shape index (κ3) is 2.69. The molecule has 1 heteroatoms. The smallest absolute Gasteiger partial charge is 0.00537 e. The Bertz CT molecular complexity index is 143. The summed E-state index contributed by atoms with van der Waals surface area (Å²) < 4.78 is 0. The number of hydrogen-bond donors (Lipinski definition) is 0. The van der Waals surface area contributed by atoms with Crippen LogP contribution in [0.15, 0.2) is 0 Å². The van der Waals surface area contributed by atoms with Crippen molar-refractivity contribution in [3.05, 3.63) is 0 Å². The van der Waals surface area contributed by atoms with E-state index < -0.39 is 0 Å². The van der Waals surface area contributed by atoms with Crippen LogP contribution in [0.3, 0.4) is 0 Å². The van der Waals surface area contributed by atoms with E-state index in [9.17, 15) is 0 Å². The summed E-state index contributed by atoms with van der Waals surface area (Å²) in [4.78, 5) is 0. The largest absolute Gasteiger partial charge is 0.130 e. The third-order valence-electron chi connectivity index (χ3n) is 3.32. The van der Waals surface area contributed by atoms with Gasteiger partial charge in [-0.05, 0) is 22.4 Å². The van der Waals surface area contributed by atoms with Crippen LogP contribution in [-0.2, 0) is 0 Å². The Hall–Kier alpha value is 0.430. The summed E-state index contributed by atoms with van der Waals surface area (Å²) in [7, 11) is 3.13. The Kier molecular flexibility index (Phi) is 4.02. The minimum Gasteiger partial charge on any atom is -0.130 e. The molecule has 0 aliphatic heterocycles. The quantitative estimate of drug-likeness (QED) is 0.579. The van der Waals surface area contributed by atoms with Gasteiger partial charge in [0.25, 0.3) is 0 Å². The molecule has 0 aromatic heterocycles. The van der Waals surface area contributed by atoms with Gasteiger partial charge in [0, 0.05) is 0 Å². The Labute approximate surface area is 87.1 Å². The second-order valence-corrected chi connectivity index (χ2v) is 7.21. The maximum atomic E-state index is 3.13. The van der Waals surface area contributed by atoms with Crippen LogP contribution in [0.2, 0.25) is 0 Å². The first-order chi connectivity index (χ1) is 5.56. The highest BCUT2D eigenvalue weighted by Gasteiger charge is 2.45. The van der Waals surface area contributed by atoms with Gasteiger partial charge in [0.15, 0.2) is 0 Å². The fourth-order valence-electron chi connectivity index (χ4n) is 2.27. The lowest BCUT2D eigenvalue weighted by Gasteiger charge is -2.51. The average molecular weight is 202 g/mol. The molecule has 0 N–H and O–H groups in total. The molecule has 0 heterocycles. The topological polar surface area (TPSA) is 0 Å². The van der Waals surface area contributed by atoms with E-state index in [-0.39, 0.29) is 0 Å². The molecule has 0 spiro atoms. The van der Waals surface area contributed by atoms with Gasteiger partial charge >= 0.3 is 0 Å². The van der Waals surface area contributed by atoms with Gasteiger partial charge in [-0.15, -0.1) is 9.24 Å². The molecule has 0 bridgehead atoms. The summed E-state index contributed by atoms with van der Waals surface area (Å²) in [6.45, 7) is 16.4. The Morgan fingerprint density at radius 2 is 1.15 bits per heavy atom. The first-order valence-electron chi connectivity index (χ1n) is 5.35. The lowest BCUT2D eigenvalue weighted by atomic mass is 9.64. The Morgan fingerprint density at radius 3 is 1.23 bits per heavy atom. The van der Waals surface area contributed by atoms with Crippen LogP contribution in [0.5, 0.6) is 0 Å². The number of rotatable bonds is 2. The second kappa shape index (κ2) is 3.89. The predicted molar refractivity (Wildman–Crippen MR) is 66.3 cm³/mol. The molecule has 1 atom stereocenters. The van der Waals surface area contributed by atoms with E-state index in [1.54, 1.807) is 0 Å². The summed E-state index contributed by atoms with van der Waals surface area (Å²) in [6, 6.07) is 0. The van der Waals surface area contributed by atoms with Gasteiger partial charge in [-0.3, -0.25) is 0 Å². The fourth-order valence-corrected chi connectivity index (χ4v) is 2.56. The van der Waals surface area contributed by atoms with Crippen LogP contribution in [-0.4, -0.2) is 5.16 Å². The van der Waals surface area contributed by atoms with Crippen molar-refractivity contribution in [3.63, 3.8) is 0 Å². The van der Waals surface area contributed by atoms with E-state index in [4.69, 9.17) is 0 Å². The molecule has 13 heavy (non-hydrogen) atoms. The van der Waals surface area contributed by atoms with E-state index in [2.05, 4.69) is 57.7 Å². The molecule has 80 valence electrons. The standard InChI is InChI=1S/C12H27P/c1-8-9-12(13,10(2,3)4)11(5,6)7/h8-9,13H2,1-7H3. The molecule has 0 saturated carbocycles. The van der Waals surface area contributed by atoms with E-state index in [1.165, 1.54) is 12.8 Å². The van der Waals surface area contributed by atoms with Crippen molar-refractivity contribution in [2.75, 3.05) is 0 Å². The summed E-state index contributed by atoms with van der Waals surface area (Å²) >= 11 is 0. The molecule has 0 aromatic carbocycles. The summed E-state index contributed by atoms with van der Waals surface area (Å²) in [5, 5.41) is 0.342. The zero-order valence-corrected chi connectivity index (χ0v) is 11.6. The van der Waals surface area contributed by atoms with Gasteiger partial charge in [-0.1, -0.05) is 54.9 Å². The van der Waals surface area contributed by atoms with E-state index in [0.717, 1.165) is 0 Å². The maximum Gasteiger partial charge on any atom is -0.00537 e. The third-order valence-corrected chi connectivity index (χ3v) is 5.34. The molecular weight excluding hydrogens is 175 g/mol. The second-order valence-electron chi connectivity index (χ2n) is 6.22. The van der Waals surface area contributed by atoms with E-state index >= 15 is 0 Å². The average Bonchev–Trinajstić information content (AvgIpc) is 1.82. The number of hydrogen-bond acceptors (Lipinski definition) is 0. The van der Waals surface area contributed by atoms with Crippen molar-refractivity contribution in [1.29, 1.82) is 0 Å². The van der Waals surface area contributed by atoms with Crippen LogP contribution in [0.25, 0.3) is 0 Å². The van der Waals surface area contributed by atoms with Crippen LogP contribution in [0.1, 0.15) is 61.3 Å². The summed E-state index contributed by atoms with van der Waals surface area (Å²) in [5.74, 6) is 0. The molecule has 0 amide bonds. The fraction of sp³-hybridized carbons (Fsp3) is 1.00. The molecule has 0 nitrogen and oxygen atoms in total. The van der Waals surface area contributed by atoms with Crippen LogP contribution >= 0.6 is 9.24 Å². The van der Waals surface area contributed by atoms with Crippen molar-refractivity contribution in [1.82, 2.24) is 0 Å². The van der Waals surface area contributed by atoms with Crippen molar-refractivity contribution in [2.45, 2.75) is 66.5 Å². The minimum absolute atomic E-state index is 0.342. The van der Waals surface area contributed by atoms with Crippen molar-refractivity contribution >= 4 is 9.24 Å². The van der Waals surface area contributed by atoms with Gasteiger partial charge in [0.1, 0.15) is 0 Å². The molecule has 1 unspecified atom stereocenters. The molecule has 0 rings (SSSR count). The normalized spacial score (nSPS) is 14.8. The Morgan fingerprint density at radius 1 is 0.846 bits per heavy atom. The van der Waals surface area contributed by atoms with Crippen LogP contribution in [0, 0.1) is 10.8 Å². The molecule has 0 saturated heterocycles. The summed E-state index contributed by atoms with van der Waals surface area (Å²) in [5.41, 5.74) is 0.706. The van der Waals surface area contributed by atoms with Gasteiger partial charge in [-0.25, -0.2) is 0 Å². The lowest BCUT2D eigenvalue weighted by molar-refractivity contribution is 0.130. The van der Waals surface area contributed by atoms with Gasteiger partial charge in [-0.2, -0.15) is 0 Å². The molecule has 0 fully saturated rings. The first-order valence-corrected chi connectivity index (χ1v) is 5.93. The van der Waals surface area contributed by atoms with Crippen molar-refractivity contribution < 1.29 is 0 Å². The van der Waals surface area contributed by atoms with E-state index in [0.29, 0.717) is 16.0 Å². The minimum atomic E-state index is 0.342. The van der Waals surface area contributed by atoms with E-state index in [1.807, 2.05) is 0 Å². The van der Waals surface area contributed by atoms with Gasteiger partial charge in [0.2, 0.25) is 0 Å². The predicted octanol–water partition coefficient (Wildman–Crippen LogP) is 4.49. The highest BCUT2D eigenvalue weighted by atomic mass is 31.0. The SMILES string of the molecule is CCCC(P)(C(C)(C)C)C(C)(C)C.